The second-order valence-corrected chi connectivity index (χ2v) is 3.52. The predicted molar refractivity (Wildman–Crippen MR) is 65.3 cm³/mol. The number of rotatable bonds is 2. The number of anilines is 3. The summed E-state index contributed by atoms with van der Waals surface area (Å²) in [6.07, 6.45) is 0. The predicted octanol–water partition coefficient (Wildman–Crippen LogP) is 3.02. The molecule has 0 atom stereocenters. The van der Waals surface area contributed by atoms with Crippen LogP contribution in [0.3, 0.4) is 0 Å². The smallest absolute Gasteiger partial charge is 0.146 e. The maximum absolute atomic E-state index is 13.4. The zero-order valence-electron chi connectivity index (χ0n) is 8.94. The van der Waals surface area contributed by atoms with E-state index in [1.54, 1.807) is 36.4 Å². The van der Waals surface area contributed by atoms with Crippen molar-refractivity contribution in [1.82, 2.24) is 0 Å². The molecule has 4 heteroatoms. The molecule has 0 aliphatic heterocycles. The molecule has 0 spiro atoms. The number of hydrogen-bond acceptors (Lipinski definition) is 3. The number of nitriles is 1. The minimum Gasteiger partial charge on any atom is -0.397 e. The van der Waals surface area contributed by atoms with Crippen molar-refractivity contribution in [2.24, 2.45) is 0 Å². The van der Waals surface area contributed by atoms with Crippen LogP contribution >= 0.6 is 0 Å². The Morgan fingerprint density at radius 1 is 1.12 bits per heavy atom. The standard InChI is InChI=1S/C13H10FN3/c14-10-3-1-2-4-12(10)17-13-6-5-9(8-15)7-11(13)16/h1-7,17H,16H2. The van der Waals surface area contributed by atoms with Gasteiger partial charge in [0.15, 0.2) is 0 Å². The number of benzene rings is 2. The topological polar surface area (TPSA) is 61.8 Å². The van der Waals surface area contributed by atoms with Crippen LogP contribution in [0.25, 0.3) is 0 Å². The molecular formula is C13H10FN3. The van der Waals surface area contributed by atoms with Gasteiger partial charge < -0.3 is 11.1 Å². The summed E-state index contributed by atoms with van der Waals surface area (Å²) in [6, 6.07) is 13.1. The summed E-state index contributed by atoms with van der Waals surface area (Å²) in [7, 11) is 0. The van der Waals surface area contributed by atoms with Crippen molar-refractivity contribution in [2.45, 2.75) is 0 Å². The number of nitrogens with zero attached hydrogens (tertiary/aromatic N) is 1. The quantitative estimate of drug-likeness (QED) is 0.775. The molecule has 0 aliphatic carbocycles. The molecule has 0 saturated heterocycles. The summed E-state index contributed by atoms with van der Waals surface area (Å²) >= 11 is 0. The van der Waals surface area contributed by atoms with Crippen LogP contribution < -0.4 is 11.1 Å². The first-order chi connectivity index (χ1) is 8.20. The van der Waals surface area contributed by atoms with Gasteiger partial charge in [0.25, 0.3) is 0 Å². The highest BCUT2D eigenvalue weighted by atomic mass is 19.1. The van der Waals surface area contributed by atoms with E-state index in [1.807, 2.05) is 6.07 Å². The molecule has 0 bridgehead atoms. The summed E-state index contributed by atoms with van der Waals surface area (Å²) in [5, 5.41) is 11.6. The molecule has 2 rings (SSSR count). The summed E-state index contributed by atoms with van der Waals surface area (Å²) in [5.74, 6) is -0.351. The molecule has 0 fully saturated rings. The second kappa shape index (κ2) is 4.54. The van der Waals surface area contributed by atoms with E-state index in [-0.39, 0.29) is 5.82 Å². The van der Waals surface area contributed by atoms with Crippen molar-refractivity contribution >= 4 is 17.1 Å². The van der Waals surface area contributed by atoms with Gasteiger partial charge in [-0.2, -0.15) is 5.26 Å². The Morgan fingerprint density at radius 2 is 1.88 bits per heavy atom. The lowest BCUT2D eigenvalue weighted by Gasteiger charge is -2.10. The van der Waals surface area contributed by atoms with Gasteiger partial charge in [-0.05, 0) is 30.3 Å². The van der Waals surface area contributed by atoms with E-state index in [2.05, 4.69) is 5.32 Å². The van der Waals surface area contributed by atoms with Gasteiger partial charge in [-0.25, -0.2) is 4.39 Å². The first-order valence-corrected chi connectivity index (χ1v) is 5.02. The third-order valence-electron chi connectivity index (χ3n) is 2.32. The molecule has 0 radical (unpaired) electrons. The summed E-state index contributed by atoms with van der Waals surface area (Å²) < 4.78 is 13.4. The zero-order chi connectivity index (χ0) is 12.3. The fourth-order valence-electron chi connectivity index (χ4n) is 1.45. The third kappa shape index (κ3) is 2.34. The largest absolute Gasteiger partial charge is 0.397 e. The Bertz CT molecular complexity index is 587. The lowest BCUT2D eigenvalue weighted by molar-refractivity contribution is 0.632. The van der Waals surface area contributed by atoms with Crippen LogP contribution in [0.5, 0.6) is 0 Å². The summed E-state index contributed by atoms with van der Waals surface area (Å²) in [6.45, 7) is 0. The number of halogens is 1. The SMILES string of the molecule is N#Cc1ccc(Nc2ccccc2F)c(N)c1. The van der Waals surface area contributed by atoms with Gasteiger partial charge in [0.05, 0.1) is 28.7 Å². The van der Waals surface area contributed by atoms with Gasteiger partial charge in [0.2, 0.25) is 0 Å². The molecular weight excluding hydrogens is 217 g/mol. The monoisotopic (exact) mass is 227 g/mol. The van der Waals surface area contributed by atoms with Crippen LogP contribution in [0.1, 0.15) is 5.56 Å². The first-order valence-electron chi connectivity index (χ1n) is 5.02. The van der Waals surface area contributed by atoms with Gasteiger partial charge in [-0.3, -0.25) is 0 Å². The number of nitrogens with two attached hydrogens (primary N) is 1. The molecule has 0 saturated carbocycles. The maximum atomic E-state index is 13.4. The highest BCUT2D eigenvalue weighted by Crippen LogP contribution is 2.25. The van der Waals surface area contributed by atoms with E-state index >= 15 is 0 Å². The van der Waals surface area contributed by atoms with Crippen molar-refractivity contribution in [1.29, 1.82) is 5.26 Å². The number of nitrogens with one attached hydrogen (secondary N) is 1. The van der Waals surface area contributed by atoms with E-state index < -0.39 is 0 Å². The summed E-state index contributed by atoms with van der Waals surface area (Å²) in [5.41, 5.74) is 7.57. The lowest BCUT2D eigenvalue weighted by atomic mass is 10.2. The van der Waals surface area contributed by atoms with Gasteiger partial charge in [-0.1, -0.05) is 12.1 Å². The van der Waals surface area contributed by atoms with Crippen LogP contribution in [-0.2, 0) is 0 Å². The molecule has 2 aromatic rings. The second-order valence-electron chi connectivity index (χ2n) is 3.52. The van der Waals surface area contributed by atoms with Gasteiger partial charge >= 0.3 is 0 Å². The van der Waals surface area contributed by atoms with Crippen molar-refractivity contribution in [3.05, 3.63) is 53.8 Å². The van der Waals surface area contributed by atoms with E-state index in [9.17, 15) is 4.39 Å². The molecule has 0 heterocycles. The van der Waals surface area contributed by atoms with Crippen LogP contribution in [0.2, 0.25) is 0 Å². The maximum Gasteiger partial charge on any atom is 0.146 e. The van der Waals surface area contributed by atoms with Crippen molar-refractivity contribution in [3.8, 4) is 6.07 Å². The Labute approximate surface area is 98.3 Å². The third-order valence-corrected chi connectivity index (χ3v) is 2.32. The van der Waals surface area contributed by atoms with Gasteiger partial charge in [0.1, 0.15) is 5.82 Å². The number of nitrogen functional groups attached to an aromatic ring is 1. The Morgan fingerprint density at radius 3 is 2.53 bits per heavy atom. The molecule has 3 N–H and O–H groups in total. The van der Waals surface area contributed by atoms with E-state index in [0.717, 1.165) is 0 Å². The molecule has 0 unspecified atom stereocenters. The van der Waals surface area contributed by atoms with Gasteiger partial charge in [-0.15, -0.1) is 0 Å². The highest BCUT2D eigenvalue weighted by Gasteiger charge is 2.04. The average Bonchev–Trinajstić information content (AvgIpc) is 2.34. The zero-order valence-corrected chi connectivity index (χ0v) is 8.94. The van der Waals surface area contributed by atoms with Crippen LogP contribution in [0.4, 0.5) is 21.5 Å². The number of para-hydroxylation sites is 1. The Kier molecular flexibility index (Phi) is 2.93. The van der Waals surface area contributed by atoms with E-state index in [0.29, 0.717) is 22.6 Å². The fourth-order valence-corrected chi connectivity index (χ4v) is 1.45. The van der Waals surface area contributed by atoms with Crippen LogP contribution in [0.15, 0.2) is 42.5 Å². The molecule has 2 aromatic carbocycles. The Hall–Kier alpha value is -2.54. The van der Waals surface area contributed by atoms with Crippen molar-refractivity contribution < 1.29 is 4.39 Å². The average molecular weight is 227 g/mol. The fraction of sp³-hybridized carbons (Fsp3) is 0. The molecule has 0 aromatic heterocycles. The summed E-state index contributed by atoms with van der Waals surface area (Å²) in [4.78, 5) is 0. The van der Waals surface area contributed by atoms with Crippen LogP contribution in [-0.4, -0.2) is 0 Å². The molecule has 3 nitrogen and oxygen atoms in total. The number of hydrogen-bond donors (Lipinski definition) is 2. The highest BCUT2D eigenvalue weighted by molar-refractivity contribution is 5.74. The normalized spacial score (nSPS) is 9.65. The molecule has 84 valence electrons. The molecule has 0 amide bonds. The van der Waals surface area contributed by atoms with E-state index in [1.165, 1.54) is 6.07 Å². The minimum atomic E-state index is -0.351. The molecule has 17 heavy (non-hydrogen) atoms. The first kappa shape index (κ1) is 11.0. The van der Waals surface area contributed by atoms with Crippen LogP contribution in [0, 0.1) is 17.1 Å². The van der Waals surface area contributed by atoms with Gasteiger partial charge in [0, 0.05) is 0 Å². The van der Waals surface area contributed by atoms with Crippen molar-refractivity contribution in [3.63, 3.8) is 0 Å². The minimum absolute atomic E-state index is 0.351. The van der Waals surface area contributed by atoms with Crippen molar-refractivity contribution in [2.75, 3.05) is 11.1 Å². The molecule has 0 aliphatic rings. The van der Waals surface area contributed by atoms with E-state index in [4.69, 9.17) is 11.0 Å². The Balaban J connectivity index is 2.32. The lowest BCUT2D eigenvalue weighted by Crippen LogP contribution is -1.98.